The van der Waals surface area contributed by atoms with Gasteiger partial charge in [-0.3, -0.25) is 24.6 Å². The molecule has 1 aromatic carbocycles. The molecule has 1 heterocycles. The van der Waals surface area contributed by atoms with E-state index >= 15 is 0 Å². The molecule has 0 unspecified atom stereocenters. The lowest BCUT2D eigenvalue weighted by Gasteiger charge is -2.22. The normalized spacial score (nSPS) is 16.2. The fraction of sp³-hybridized carbons (Fsp3) is 0.522. The van der Waals surface area contributed by atoms with Gasteiger partial charge in [0.25, 0.3) is 17.7 Å². The van der Waals surface area contributed by atoms with Gasteiger partial charge in [0, 0.05) is 12.6 Å². The number of hydrogen-bond acceptors (Lipinski definition) is 6. The van der Waals surface area contributed by atoms with Gasteiger partial charge in [0.05, 0.1) is 16.7 Å². The summed E-state index contributed by atoms with van der Waals surface area (Å²) in [6.07, 6.45) is 5.68. The number of carbonyl (C=O) groups is 5. The molecule has 1 aromatic rings. The second kappa shape index (κ2) is 10.4. The van der Waals surface area contributed by atoms with Gasteiger partial charge in [-0.2, -0.15) is 0 Å². The zero-order valence-electron chi connectivity index (χ0n) is 18.4. The first-order valence-electron chi connectivity index (χ1n) is 11.0. The SMILES string of the molecule is CC(C)CCN1C(=O)c2ccc(C(=O)OCC(=O)NC(=O)NC3CCCCC3)cc2C1=O. The van der Waals surface area contributed by atoms with Crippen molar-refractivity contribution in [1.29, 1.82) is 0 Å². The molecule has 0 saturated heterocycles. The highest BCUT2D eigenvalue weighted by molar-refractivity contribution is 6.22. The summed E-state index contributed by atoms with van der Waals surface area (Å²) in [7, 11) is 0. The Bertz CT molecular complexity index is 920. The molecule has 0 bridgehead atoms. The van der Waals surface area contributed by atoms with Crippen molar-refractivity contribution in [3.05, 3.63) is 34.9 Å². The molecule has 32 heavy (non-hydrogen) atoms. The molecule has 1 aliphatic heterocycles. The average molecular weight is 444 g/mol. The summed E-state index contributed by atoms with van der Waals surface area (Å²) in [5, 5.41) is 4.89. The van der Waals surface area contributed by atoms with Gasteiger partial charge >= 0.3 is 12.0 Å². The van der Waals surface area contributed by atoms with Crippen LogP contribution in [0.25, 0.3) is 0 Å². The summed E-state index contributed by atoms with van der Waals surface area (Å²) in [5.74, 6) is -2.07. The molecule has 172 valence electrons. The van der Waals surface area contributed by atoms with Crippen molar-refractivity contribution in [1.82, 2.24) is 15.5 Å². The van der Waals surface area contributed by atoms with Crippen molar-refractivity contribution in [3.63, 3.8) is 0 Å². The number of imide groups is 2. The van der Waals surface area contributed by atoms with Crippen molar-refractivity contribution >= 4 is 29.7 Å². The molecule has 9 nitrogen and oxygen atoms in total. The standard InChI is InChI=1S/C23H29N3O6/c1-14(2)10-11-26-20(28)17-9-8-15(12-18(17)21(26)29)22(30)32-13-19(27)25-23(31)24-16-6-4-3-5-7-16/h8-9,12,14,16H,3-7,10-11,13H2,1-2H3,(H2,24,25,27,31). The third kappa shape index (κ3) is 5.72. The lowest BCUT2D eigenvalue weighted by Crippen LogP contribution is -2.46. The van der Waals surface area contributed by atoms with Crippen molar-refractivity contribution in [2.45, 2.75) is 58.4 Å². The van der Waals surface area contributed by atoms with E-state index in [1.54, 1.807) is 0 Å². The minimum atomic E-state index is -0.823. The number of urea groups is 1. The van der Waals surface area contributed by atoms with Crippen LogP contribution >= 0.6 is 0 Å². The second-order valence-electron chi connectivity index (χ2n) is 8.64. The number of fused-ring (bicyclic) bond motifs is 1. The van der Waals surface area contributed by atoms with Gasteiger partial charge in [-0.25, -0.2) is 9.59 Å². The zero-order chi connectivity index (χ0) is 23.3. The topological polar surface area (TPSA) is 122 Å². The first-order valence-corrected chi connectivity index (χ1v) is 11.0. The zero-order valence-corrected chi connectivity index (χ0v) is 18.4. The number of hydrogen-bond donors (Lipinski definition) is 2. The highest BCUT2D eigenvalue weighted by atomic mass is 16.5. The van der Waals surface area contributed by atoms with Crippen molar-refractivity contribution in [2.24, 2.45) is 5.92 Å². The summed E-state index contributed by atoms with van der Waals surface area (Å²) in [5.41, 5.74) is 0.437. The molecular weight excluding hydrogens is 414 g/mol. The number of ether oxygens (including phenoxy) is 1. The fourth-order valence-corrected chi connectivity index (χ4v) is 3.85. The molecule has 0 spiro atoms. The van der Waals surface area contributed by atoms with Crippen LogP contribution in [0.15, 0.2) is 18.2 Å². The van der Waals surface area contributed by atoms with E-state index in [0.29, 0.717) is 18.9 Å². The maximum Gasteiger partial charge on any atom is 0.338 e. The molecule has 1 fully saturated rings. The van der Waals surface area contributed by atoms with Crippen LogP contribution in [-0.2, 0) is 9.53 Å². The van der Waals surface area contributed by atoms with Gasteiger partial charge in [0.1, 0.15) is 0 Å². The lowest BCUT2D eigenvalue weighted by atomic mass is 9.96. The minimum Gasteiger partial charge on any atom is -0.452 e. The van der Waals surface area contributed by atoms with Gasteiger partial charge in [-0.1, -0.05) is 33.1 Å². The van der Waals surface area contributed by atoms with Crippen molar-refractivity contribution in [3.8, 4) is 0 Å². The van der Waals surface area contributed by atoms with Gasteiger partial charge in [-0.05, 0) is 43.4 Å². The van der Waals surface area contributed by atoms with E-state index in [4.69, 9.17) is 4.74 Å². The Kier molecular flexibility index (Phi) is 7.61. The quantitative estimate of drug-likeness (QED) is 0.494. The number of amides is 5. The number of rotatable bonds is 7. The number of carbonyl (C=O) groups excluding carboxylic acids is 5. The highest BCUT2D eigenvalue weighted by Crippen LogP contribution is 2.25. The van der Waals surface area contributed by atoms with Gasteiger partial charge in [-0.15, -0.1) is 0 Å². The average Bonchev–Trinajstić information content (AvgIpc) is 3.00. The Hall–Kier alpha value is -3.23. The van der Waals surface area contributed by atoms with Crippen LogP contribution in [0.3, 0.4) is 0 Å². The van der Waals surface area contributed by atoms with Crippen LogP contribution in [0.5, 0.6) is 0 Å². The van der Waals surface area contributed by atoms with E-state index in [1.165, 1.54) is 23.1 Å². The minimum absolute atomic E-state index is 0.0471. The fourth-order valence-electron chi connectivity index (χ4n) is 3.85. The van der Waals surface area contributed by atoms with Crippen LogP contribution in [0.1, 0.15) is 83.4 Å². The molecule has 2 N–H and O–H groups in total. The van der Waals surface area contributed by atoms with Crippen molar-refractivity contribution < 1.29 is 28.7 Å². The summed E-state index contributed by atoms with van der Waals surface area (Å²) >= 11 is 0. The van der Waals surface area contributed by atoms with Gasteiger partial charge in [0.2, 0.25) is 0 Å². The smallest absolute Gasteiger partial charge is 0.338 e. The lowest BCUT2D eigenvalue weighted by molar-refractivity contribution is -0.123. The van der Waals surface area contributed by atoms with E-state index in [1.807, 2.05) is 13.8 Å². The number of benzene rings is 1. The van der Waals surface area contributed by atoms with Crippen LogP contribution in [0.4, 0.5) is 4.79 Å². The molecule has 9 heteroatoms. The molecule has 3 rings (SSSR count). The number of esters is 1. The van der Waals surface area contributed by atoms with Crippen LogP contribution < -0.4 is 10.6 Å². The monoisotopic (exact) mass is 443 g/mol. The Morgan fingerprint density at radius 1 is 1.06 bits per heavy atom. The Morgan fingerprint density at radius 3 is 2.44 bits per heavy atom. The second-order valence-corrected chi connectivity index (χ2v) is 8.64. The molecule has 5 amide bonds. The van der Waals surface area contributed by atoms with Crippen molar-refractivity contribution in [2.75, 3.05) is 13.2 Å². The summed E-state index contributed by atoms with van der Waals surface area (Å²) < 4.78 is 4.97. The number of nitrogens with one attached hydrogen (secondary N) is 2. The molecule has 0 aromatic heterocycles. The molecular formula is C23H29N3O6. The first-order chi connectivity index (χ1) is 15.3. The largest absolute Gasteiger partial charge is 0.452 e. The first kappa shape index (κ1) is 23.4. The van der Waals surface area contributed by atoms with E-state index < -0.39 is 30.4 Å². The predicted octanol–water partition coefficient (Wildman–Crippen LogP) is 2.64. The Labute approximate surface area is 186 Å². The Morgan fingerprint density at radius 2 is 1.75 bits per heavy atom. The third-order valence-corrected chi connectivity index (χ3v) is 5.66. The maximum absolute atomic E-state index is 12.6. The summed E-state index contributed by atoms with van der Waals surface area (Å²) in [6.45, 7) is 3.68. The number of nitrogens with zero attached hydrogens (tertiary/aromatic N) is 1. The highest BCUT2D eigenvalue weighted by Gasteiger charge is 2.35. The summed E-state index contributed by atoms with van der Waals surface area (Å²) in [4.78, 5) is 62.4. The van der Waals surface area contributed by atoms with E-state index in [0.717, 1.165) is 32.1 Å². The van der Waals surface area contributed by atoms with E-state index in [2.05, 4.69) is 10.6 Å². The van der Waals surface area contributed by atoms with Crippen LogP contribution in [-0.4, -0.2) is 53.8 Å². The summed E-state index contributed by atoms with van der Waals surface area (Å²) in [6, 6.07) is 3.54. The maximum atomic E-state index is 12.6. The van der Waals surface area contributed by atoms with Gasteiger partial charge in [0.15, 0.2) is 6.61 Å². The van der Waals surface area contributed by atoms with E-state index in [-0.39, 0.29) is 28.6 Å². The molecule has 2 aliphatic rings. The van der Waals surface area contributed by atoms with E-state index in [9.17, 15) is 24.0 Å². The van der Waals surface area contributed by atoms with Crippen LogP contribution in [0, 0.1) is 5.92 Å². The molecule has 0 radical (unpaired) electrons. The molecule has 0 atom stereocenters. The van der Waals surface area contributed by atoms with Gasteiger partial charge < -0.3 is 10.1 Å². The molecule has 1 saturated carbocycles. The third-order valence-electron chi connectivity index (χ3n) is 5.66. The van der Waals surface area contributed by atoms with Crippen LogP contribution in [0.2, 0.25) is 0 Å². The predicted molar refractivity (Wildman–Crippen MR) is 115 cm³/mol. The Balaban J connectivity index is 1.52. The molecule has 1 aliphatic carbocycles.